The highest BCUT2D eigenvalue weighted by Gasteiger charge is 2.27. The van der Waals surface area contributed by atoms with Gasteiger partial charge < -0.3 is 10.6 Å². The number of benzene rings is 3. The fraction of sp³-hybridized carbons (Fsp3) is 0.290. The molecule has 1 aliphatic heterocycles. The van der Waals surface area contributed by atoms with Crippen molar-refractivity contribution in [2.45, 2.75) is 32.6 Å². The lowest BCUT2D eigenvalue weighted by atomic mass is 10.1. The molecule has 1 fully saturated rings. The molecule has 4 aromatic rings. The first-order chi connectivity index (χ1) is 20.2. The van der Waals surface area contributed by atoms with Crippen LogP contribution in [0.2, 0.25) is 0 Å². The molecule has 3 aromatic carbocycles. The minimum absolute atomic E-state index is 0.0279. The predicted molar refractivity (Wildman–Crippen MR) is 152 cm³/mol. The third kappa shape index (κ3) is 5.88. The minimum Gasteiger partial charge on any atom is -0.363 e. The van der Waals surface area contributed by atoms with Crippen LogP contribution in [-0.4, -0.2) is 40.2 Å². The molecule has 5 rings (SSSR count). The highest BCUT2D eigenvalue weighted by Crippen LogP contribution is 2.22. The van der Waals surface area contributed by atoms with E-state index in [1.807, 2.05) is 11.0 Å². The lowest BCUT2D eigenvalue weighted by molar-refractivity contribution is 0.242. The Kier molecular flexibility index (Phi) is 8.60. The van der Waals surface area contributed by atoms with Crippen molar-refractivity contribution >= 4 is 5.69 Å². The van der Waals surface area contributed by atoms with Crippen LogP contribution in [0.1, 0.15) is 28.4 Å². The van der Waals surface area contributed by atoms with Crippen LogP contribution in [-0.2, 0) is 19.6 Å². The Hall–Kier alpha value is -4.22. The van der Waals surface area contributed by atoms with Crippen LogP contribution in [0.4, 0.5) is 23.2 Å². The SMILES string of the molecule is Cc1c(N2CCN(Cc3c(F)cccc3F)CC2)c(=O)n(C[C@@H](N)c2ccccc2)c(=O)n1Cc1c(F)cccc1F. The van der Waals surface area contributed by atoms with Gasteiger partial charge in [-0.05, 0) is 36.8 Å². The number of rotatable bonds is 8. The van der Waals surface area contributed by atoms with Crippen molar-refractivity contribution in [2.75, 3.05) is 31.1 Å². The summed E-state index contributed by atoms with van der Waals surface area (Å²) in [5, 5.41) is 0. The van der Waals surface area contributed by atoms with E-state index >= 15 is 0 Å². The molecule has 0 radical (unpaired) electrons. The van der Waals surface area contributed by atoms with Crippen molar-refractivity contribution in [3.63, 3.8) is 0 Å². The summed E-state index contributed by atoms with van der Waals surface area (Å²) >= 11 is 0. The lowest BCUT2D eigenvalue weighted by Gasteiger charge is -2.37. The summed E-state index contributed by atoms with van der Waals surface area (Å²) in [6, 6.07) is 15.5. The third-order valence-electron chi connectivity index (χ3n) is 7.77. The van der Waals surface area contributed by atoms with Crippen LogP contribution in [0.3, 0.4) is 0 Å². The van der Waals surface area contributed by atoms with Gasteiger partial charge in [-0.3, -0.25) is 18.8 Å². The molecule has 42 heavy (non-hydrogen) atoms. The van der Waals surface area contributed by atoms with Gasteiger partial charge in [0.25, 0.3) is 5.56 Å². The first-order valence-electron chi connectivity index (χ1n) is 13.6. The Morgan fingerprint density at radius 1 is 0.714 bits per heavy atom. The molecule has 220 valence electrons. The zero-order valence-electron chi connectivity index (χ0n) is 23.1. The number of aromatic nitrogens is 2. The second-order valence-corrected chi connectivity index (χ2v) is 10.4. The average Bonchev–Trinajstić information content (AvgIpc) is 2.98. The Bertz CT molecular complexity index is 1660. The minimum atomic E-state index is -0.810. The van der Waals surface area contributed by atoms with Crippen molar-refractivity contribution in [1.82, 2.24) is 14.0 Å². The fourth-order valence-corrected chi connectivity index (χ4v) is 5.38. The van der Waals surface area contributed by atoms with Gasteiger partial charge in [-0.1, -0.05) is 42.5 Å². The van der Waals surface area contributed by atoms with Crippen molar-refractivity contribution in [2.24, 2.45) is 5.73 Å². The van der Waals surface area contributed by atoms with Crippen molar-refractivity contribution in [1.29, 1.82) is 0 Å². The summed E-state index contributed by atoms with van der Waals surface area (Å²) in [6.45, 7) is 2.47. The van der Waals surface area contributed by atoms with Crippen molar-refractivity contribution in [3.05, 3.63) is 133 Å². The molecule has 7 nitrogen and oxygen atoms in total. The molecule has 0 saturated carbocycles. The second kappa shape index (κ2) is 12.3. The van der Waals surface area contributed by atoms with Crippen molar-refractivity contribution < 1.29 is 17.6 Å². The Labute approximate surface area is 240 Å². The van der Waals surface area contributed by atoms with Gasteiger partial charge in [0.15, 0.2) is 0 Å². The van der Waals surface area contributed by atoms with Crippen LogP contribution in [0.15, 0.2) is 76.3 Å². The molecule has 0 bridgehead atoms. The van der Waals surface area contributed by atoms with Crippen molar-refractivity contribution in [3.8, 4) is 0 Å². The summed E-state index contributed by atoms with van der Waals surface area (Å²) in [5.41, 5.74) is 5.94. The van der Waals surface area contributed by atoms with E-state index in [1.54, 1.807) is 36.1 Å². The number of piperazine rings is 1. The average molecular weight is 582 g/mol. The van der Waals surface area contributed by atoms with E-state index in [2.05, 4.69) is 0 Å². The van der Waals surface area contributed by atoms with E-state index < -0.39 is 47.1 Å². The zero-order valence-corrected chi connectivity index (χ0v) is 23.1. The van der Waals surface area contributed by atoms with Crippen LogP contribution in [0.25, 0.3) is 0 Å². The van der Waals surface area contributed by atoms with E-state index in [0.717, 1.165) is 16.7 Å². The molecule has 0 aliphatic carbocycles. The number of hydrogen-bond donors (Lipinski definition) is 1. The third-order valence-corrected chi connectivity index (χ3v) is 7.77. The Morgan fingerprint density at radius 2 is 1.24 bits per heavy atom. The fourth-order valence-electron chi connectivity index (χ4n) is 5.38. The normalized spacial score (nSPS) is 14.8. The van der Waals surface area contributed by atoms with Crippen LogP contribution < -0.4 is 21.9 Å². The lowest BCUT2D eigenvalue weighted by Crippen LogP contribution is -2.51. The maximum Gasteiger partial charge on any atom is 0.331 e. The van der Waals surface area contributed by atoms with Gasteiger partial charge in [-0.15, -0.1) is 0 Å². The van der Waals surface area contributed by atoms with Crippen LogP contribution >= 0.6 is 0 Å². The number of hydrogen-bond acceptors (Lipinski definition) is 5. The zero-order chi connectivity index (χ0) is 30.0. The molecule has 2 heterocycles. The van der Waals surface area contributed by atoms with Gasteiger partial charge >= 0.3 is 5.69 Å². The monoisotopic (exact) mass is 581 g/mol. The number of nitrogens with zero attached hydrogens (tertiary/aromatic N) is 4. The summed E-state index contributed by atoms with van der Waals surface area (Å²) in [6.07, 6.45) is 0. The molecule has 11 heteroatoms. The predicted octanol–water partition coefficient (Wildman–Crippen LogP) is 3.95. The highest BCUT2D eigenvalue weighted by atomic mass is 19.1. The topological polar surface area (TPSA) is 76.5 Å². The smallest absolute Gasteiger partial charge is 0.331 e. The van der Waals surface area contributed by atoms with E-state index in [9.17, 15) is 27.2 Å². The second-order valence-electron chi connectivity index (χ2n) is 10.4. The maximum absolute atomic E-state index is 14.6. The van der Waals surface area contributed by atoms with E-state index in [1.165, 1.54) is 28.8 Å². The summed E-state index contributed by atoms with van der Waals surface area (Å²) < 4.78 is 59.9. The van der Waals surface area contributed by atoms with Gasteiger partial charge in [0, 0.05) is 55.6 Å². The highest BCUT2D eigenvalue weighted by molar-refractivity contribution is 5.50. The van der Waals surface area contributed by atoms with Gasteiger partial charge in [0.05, 0.1) is 13.1 Å². The maximum atomic E-state index is 14.6. The van der Waals surface area contributed by atoms with Gasteiger partial charge in [0.1, 0.15) is 29.0 Å². The molecular formula is C31H31F4N5O2. The van der Waals surface area contributed by atoms with Gasteiger partial charge in [-0.25, -0.2) is 22.4 Å². The molecule has 1 aromatic heterocycles. The molecule has 2 N–H and O–H groups in total. The van der Waals surface area contributed by atoms with Crippen LogP contribution in [0, 0.1) is 30.2 Å². The summed E-state index contributed by atoms with van der Waals surface area (Å²) in [5.74, 6) is -2.87. The quantitative estimate of drug-likeness (QED) is 0.319. The number of halogens is 4. The molecule has 1 atom stereocenters. The molecule has 1 saturated heterocycles. The van der Waals surface area contributed by atoms with Gasteiger partial charge in [0.2, 0.25) is 0 Å². The Morgan fingerprint density at radius 3 is 1.79 bits per heavy atom. The first kappa shape index (κ1) is 29.3. The molecule has 0 amide bonds. The van der Waals surface area contributed by atoms with E-state index in [-0.39, 0.29) is 35.6 Å². The summed E-state index contributed by atoms with van der Waals surface area (Å²) in [4.78, 5) is 31.2. The standard InChI is InChI=1S/C31H31F4N5O2/c1-20-29(38-15-13-37(14-16-38)17-22-24(32)9-5-10-25(22)33)30(41)40(19-28(36)21-7-3-2-4-8-21)31(42)39(20)18-23-26(34)11-6-12-27(23)35/h2-12,28H,13-19,36H2,1H3/t28-/m1/s1. The van der Waals surface area contributed by atoms with Crippen LogP contribution in [0.5, 0.6) is 0 Å². The molecule has 0 spiro atoms. The summed E-state index contributed by atoms with van der Waals surface area (Å²) in [7, 11) is 0. The number of nitrogens with two attached hydrogens (primary N) is 1. The molecule has 0 unspecified atom stereocenters. The number of anilines is 1. The largest absolute Gasteiger partial charge is 0.363 e. The first-order valence-corrected chi connectivity index (χ1v) is 13.6. The van der Waals surface area contributed by atoms with E-state index in [4.69, 9.17) is 5.73 Å². The molecule has 1 aliphatic rings. The Balaban J connectivity index is 1.50. The molecular weight excluding hydrogens is 550 g/mol. The van der Waals surface area contributed by atoms with E-state index in [0.29, 0.717) is 31.7 Å². The van der Waals surface area contributed by atoms with Gasteiger partial charge in [-0.2, -0.15) is 0 Å².